The van der Waals surface area contributed by atoms with E-state index in [-0.39, 0.29) is 24.4 Å². The van der Waals surface area contributed by atoms with Gasteiger partial charge in [0.15, 0.2) is 0 Å². The lowest BCUT2D eigenvalue weighted by Crippen LogP contribution is -2.48. The standard InChI is InChI=1S/C18H23N5OS.ClH/c19-11-13-3-1-2-8-23(13)18(24)16-12-22(9-10-25-16)15-5-7-21-17-14(15)4-6-20-17;/h4-7,12-13H,1-3,8-11,19H2,(H,20,21);1H/t13-;/m1./s1. The second-order valence-corrected chi connectivity index (χ2v) is 7.63. The molecular formula is C18H24ClN5OS. The highest BCUT2D eigenvalue weighted by Gasteiger charge is 2.29. The van der Waals surface area contributed by atoms with Crippen molar-refractivity contribution in [3.05, 3.63) is 35.6 Å². The second-order valence-electron chi connectivity index (χ2n) is 6.49. The molecule has 4 rings (SSSR count). The van der Waals surface area contributed by atoms with Crippen molar-refractivity contribution in [1.29, 1.82) is 0 Å². The first-order valence-electron chi connectivity index (χ1n) is 8.82. The number of pyridine rings is 1. The van der Waals surface area contributed by atoms with E-state index in [1.54, 1.807) is 18.0 Å². The fourth-order valence-electron chi connectivity index (χ4n) is 3.66. The SMILES string of the molecule is Cl.NC[C@H]1CCCCN1C(=O)C1=CN(c2ccnc3[nH]ccc23)CCS1. The van der Waals surface area contributed by atoms with Crippen LogP contribution in [-0.2, 0) is 4.79 Å². The van der Waals surface area contributed by atoms with Crippen molar-refractivity contribution in [3.63, 3.8) is 0 Å². The summed E-state index contributed by atoms with van der Waals surface area (Å²) in [5, 5.41) is 1.08. The Hall–Kier alpha value is -1.70. The quantitative estimate of drug-likeness (QED) is 0.838. The van der Waals surface area contributed by atoms with Crippen molar-refractivity contribution in [2.75, 3.05) is 30.3 Å². The first-order valence-corrected chi connectivity index (χ1v) is 9.81. The summed E-state index contributed by atoms with van der Waals surface area (Å²) in [6, 6.07) is 4.22. The minimum atomic E-state index is 0. The molecule has 26 heavy (non-hydrogen) atoms. The molecule has 6 nitrogen and oxygen atoms in total. The number of H-pyrrole nitrogens is 1. The number of anilines is 1. The predicted octanol–water partition coefficient (Wildman–Crippen LogP) is 2.72. The van der Waals surface area contributed by atoms with Crippen LogP contribution in [0.25, 0.3) is 11.0 Å². The number of hydrogen-bond acceptors (Lipinski definition) is 5. The smallest absolute Gasteiger partial charge is 0.262 e. The summed E-state index contributed by atoms with van der Waals surface area (Å²) in [6.07, 6.45) is 8.94. The van der Waals surface area contributed by atoms with E-state index in [4.69, 9.17) is 5.73 Å². The Bertz CT molecular complexity index is 808. The van der Waals surface area contributed by atoms with E-state index in [0.717, 1.165) is 59.7 Å². The number of likely N-dealkylation sites (tertiary alicyclic amines) is 1. The molecule has 140 valence electrons. The van der Waals surface area contributed by atoms with E-state index in [0.29, 0.717) is 6.54 Å². The first kappa shape index (κ1) is 19.1. The molecule has 0 spiro atoms. The van der Waals surface area contributed by atoms with Crippen molar-refractivity contribution < 1.29 is 4.79 Å². The molecule has 0 bridgehead atoms. The average Bonchev–Trinajstić information content (AvgIpc) is 3.16. The van der Waals surface area contributed by atoms with Crippen molar-refractivity contribution in [2.24, 2.45) is 5.73 Å². The molecule has 0 aromatic carbocycles. The van der Waals surface area contributed by atoms with Gasteiger partial charge in [0.05, 0.1) is 10.6 Å². The van der Waals surface area contributed by atoms with Gasteiger partial charge in [-0.05, 0) is 31.4 Å². The Balaban J connectivity index is 0.00000196. The van der Waals surface area contributed by atoms with Gasteiger partial charge in [-0.15, -0.1) is 24.2 Å². The lowest BCUT2D eigenvalue weighted by Gasteiger charge is -2.36. The molecule has 0 saturated carbocycles. The number of carbonyl (C=O) groups is 1. The van der Waals surface area contributed by atoms with Crippen molar-refractivity contribution in [2.45, 2.75) is 25.3 Å². The molecule has 3 N–H and O–H groups in total. The van der Waals surface area contributed by atoms with Crippen molar-refractivity contribution in [1.82, 2.24) is 14.9 Å². The van der Waals surface area contributed by atoms with Crippen LogP contribution in [0.3, 0.4) is 0 Å². The summed E-state index contributed by atoms with van der Waals surface area (Å²) in [5.74, 6) is 1.02. The number of rotatable bonds is 3. The Morgan fingerprint density at radius 2 is 2.23 bits per heavy atom. The monoisotopic (exact) mass is 393 g/mol. The number of thioether (sulfide) groups is 1. The summed E-state index contributed by atoms with van der Waals surface area (Å²) in [4.78, 5) is 25.5. The first-order chi connectivity index (χ1) is 12.3. The van der Waals surface area contributed by atoms with Crippen LogP contribution in [0, 0.1) is 0 Å². The highest BCUT2D eigenvalue weighted by atomic mass is 35.5. The zero-order valence-corrected chi connectivity index (χ0v) is 16.2. The summed E-state index contributed by atoms with van der Waals surface area (Å²) in [7, 11) is 0. The Kier molecular flexibility index (Phi) is 6.11. The van der Waals surface area contributed by atoms with Gasteiger partial charge < -0.3 is 20.5 Å². The van der Waals surface area contributed by atoms with Crippen LogP contribution >= 0.6 is 24.2 Å². The summed E-state index contributed by atoms with van der Waals surface area (Å²) in [5.41, 5.74) is 7.85. The minimum Gasteiger partial charge on any atom is -0.346 e. The third-order valence-corrected chi connectivity index (χ3v) is 5.96. The van der Waals surface area contributed by atoms with Gasteiger partial charge in [-0.2, -0.15) is 0 Å². The fourth-order valence-corrected chi connectivity index (χ4v) is 4.61. The largest absolute Gasteiger partial charge is 0.346 e. The van der Waals surface area contributed by atoms with E-state index in [2.05, 4.69) is 14.9 Å². The number of aromatic nitrogens is 2. The van der Waals surface area contributed by atoms with E-state index in [9.17, 15) is 4.79 Å². The number of nitrogens with zero attached hydrogens (tertiary/aromatic N) is 3. The lowest BCUT2D eigenvalue weighted by molar-refractivity contribution is -0.129. The van der Waals surface area contributed by atoms with Gasteiger partial charge in [0.2, 0.25) is 0 Å². The molecule has 1 amide bonds. The highest BCUT2D eigenvalue weighted by Crippen LogP contribution is 2.32. The maximum atomic E-state index is 13.0. The van der Waals surface area contributed by atoms with Gasteiger partial charge >= 0.3 is 0 Å². The van der Waals surface area contributed by atoms with Gasteiger partial charge in [-0.25, -0.2) is 4.98 Å². The number of halogens is 1. The third-order valence-electron chi connectivity index (χ3n) is 4.98. The molecular weight excluding hydrogens is 370 g/mol. The van der Waals surface area contributed by atoms with Crippen LogP contribution in [0.5, 0.6) is 0 Å². The minimum absolute atomic E-state index is 0. The summed E-state index contributed by atoms with van der Waals surface area (Å²) < 4.78 is 0. The zero-order valence-electron chi connectivity index (χ0n) is 14.6. The normalized spacial score (nSPS) is 20.7. The third kappa shape index (κ3) is 3.56. The number of aromatic amines is 1. The predicted molar refractivity (Wildman–Crippen MR) is 110 cm³/mol. The molecule has 2 aliphatic rings. The molecule has 0 unspecified atom stereocenters. The molecule has 2 aromatic rings. The maximum absolute atomic E-state index is 13.0. The highest BCUT2D eigenvalue weighted by molar-refractivity contribution is 8.04. The van der Waals surface area contributed by atoms with Crippen LogP contribution in [0.2, 0.25) is 0 Å². The Morgan fingerprint density at radius 3 is 3.08 bits per heavy atom. The van der Waals surface area contributed by atoms with E-state index < -0.39 is 0 Å². The van der Waals surface area contributed by atoms with Gasteiger partial charge in [0, 0.05) is 55.4 Å². The van der Waals surface area contributed by atoms with Crippen LogP contribution in [-0.4, -0.2) is 52.2 Å². The van der Waals surface area contributed by atoms with Crippen LogP contribution in [0.15, 0.2) is 35.6 Å². The van der Waals surface area contributed by atoms with Gasteiger partial charge in [-0.3, -0.25) is 4.79 Å². The molecule has 2 aromatic heterocycles. The average molecular weight is 394 g/mol. The molecule has 4 heterocycles. The van der Waals surface area contributed by atoms with E-state index in [1.165, 1.54) is 0 Å². The van der Waals surface area contributed by atoms with E-state index >= 15 is 0 Å². The number of amides is 1. The summed E-state index contributed by atoms with van der Waals surface area (Å²) in [6.45, 7) is 2.24. The van der Waals surface area contributed by atoms with Crippen LogP contribution < -0.4 is 10.6 Å². The lowest BCUT2D eigenvalue weighted by atomic mass is 10.0. The fraction of sp³-hybridized carbons (Fsp3) is 0.444. The molecule has 2 aliphatic heterocycles. The van der Waals surface area contributed by atoms with Gasteiger partial charge in [0.1, 0.15) is 5.65 Å². The van der Waals surface area contributed by atoms with Gasteiger partial charge in [0.25, 0.3) is 5.91 Å². The number of carbonyl (C=O) groups excluding carboxylic acids is 1. The topological polar surface area (TPSA) is 78.2 Å². The van der Waals surface area contributed by atoms with Gasteiger partial charge in [-0.1, -0.05) is 0 Å². The molecule has 1 fully saturated rings. The molecule has 8 heteroatoms. The molecule has 0 radical (unpaired) electrons. The van der Waals surface area contributed by atoms with Crippen molar-refractivity contribution >= 4 is 46.8 Å². The van der Waals surface area contributed by atoms with Crippen LogP contribution in [0.1, 0.15) is 19.3 Å². The Morgan fingerprint density at radius 1 is 1.35 bits per heavy atom. The zero-order chi connectivity index (χ0) is 17.2. The molecule has 0 aliphatic carbocycles. The number of fused-ring (bicyclic) bond motifs is 1. The van der Waals surface area contributed by atoms with E-state index in [1.807, 2.05) is 29.4 Å². The summed E-state index contributed by atoms with van der Waals surface area (Å²) >= 11 is 1.65. The second kappa shape index (κ2) is 8.33. The number of nitrogens with one attached hydrogen (secondary N) is 1. The molecule has 1 saturated heterocycles. The maximum Gasteiger partial charge on any atom is 0.262 e. The Labute approximate surface area is 163 Å². The van der Waals surface area contributed by atoms with Crippen molar-refractivity contribution in [3.8, 4) is 0 Å². The van der Waals surface area contributed by atoms with Crippen LogP contribution in [0.4, 0.5) is 5.69 Å². The molecule has 1 atom stereocenters. The number of nitrogens with two attached hydrogens (primary N) is 1. The number of piperidine rings is 1. The number of hydrogen-bond donors (Lipinski definition) is 2.